The van der Waals surface area contributed by atoms with Crippen molar-refractivity contribution in [3.63, 3.8) is 0 Å². The van der Waals surface area contributed by atoms with Gasteiger partial charge in [0, 0.05) is 11.4 Å². The van der Waals surface area contributed by atoms with Crippen LogP contribution >= 0.6 is 23.6 Å². The Labute approximate surface area is 161 Å². The molecule has 8 heteroatoms. The van der Waals surface area contributed by atoms with Crippen LogP contribution in [-0.4, -0.2) is 25.0 Å². The molecule has 1 aliphatic rings. The van der Waals surface area contributed by atoms with Crippen molar-refractivity contribution >= 4 is 39.6 Å². The zero-order chi connectivity index (χ0) is 18.7. The molecule has 2 heterocycles. The number of thiocarbonyl (C=S) groups is 1. The Morgan fingerprint density at radius 1 is 1.35 bits per heavy atom. The van der Waals surface area contributed by atoms with Gasteiger partial charge in [-0.1, -0.05) is 13.0 Å². The molecule has 2 aromatic rings. The first-order valence-corrected chi connectivity index (χ1v) is 9.40. The highest BCUT2D eigenvalue weighted by molar-refractivity contribution is 7.80. The number of anilines is 1. The smallest absolute Gasteiger partial charge is 0.341 e. The van der Waals surface area contributed by atoms with Gasteiger partial charge in [0.15, 0.2) is 16.6 Å². The number of carbonyl (C=O) groups excluding carboxylic acids is 1. The first-order chi connectivity index (χ1) is 12.5. The number of carbonyl (C=O) groups is 1. The van der Waals surface area contributed by atoms with Crippen molar-refractivity contribution < 1.29 is 19.0 Å². The highest BCUT2D eigenvalue weighted by Gasteiger charge is 2.22. The Morgan fingerprint density at radius 2 is 2.12 bits per heavy atom. The van der Waals surface area contributed by atoms with E-state index in [2.05, 4.69) is 10.6 Å². The van der Waals surface area contributed by atoms with Gasteiger partial charge in [0.1, 0.15) is 5.00 Å². The minimum atomic E-state index is -0.354. The lowest BCUT2D eigenvalue weighted by molar-refractivity contribution is 0.0601. The van der Waals surface area contributed by atoms with Crippen LogP contribution in [0.4, 0.5) is 5.00 Å². The molecule has 0 amide bonds. The van der Waals surface area contributed by atoms with Crippen molar-refractivity contribution in [2.45, 2.75) is 26.8 Å². The van der Waals surface area contributed by atoms with Crippen LogP contribution in [0.25, 0.3) is 0 Å². The van der Waals surface area contributed by atoms with Crippen LogP contribution in [0.5, 0.6) is 11.5 Å². The van der Waals surface area contributed by atoms with E-state index in [9.17, 15) is 4.79 Å². The summed E-state index contributed by atoms with van der Waals surface area (Å²) in [7, 11) is 1.38. The molecule has 6 nitrogen and oxygen atoms in total. The van der Waals surface area contributed by atoms with Crippen molar-refractivity contribution in [2.24, 2.45) is 0 Å². The van der Waals surface area contributed by atoms with Crippen molar-refractivity contribution in [3.05, 3.63) is 39.8 Å². The molecule has 0 unspecified atom stereocenters. The van der Waals surface area contributed by atoms with Crippen LogP contribution in [0.1, 0.15) is 33.3 Å². The zero-order valence-electron chi connectivity index (χ0n) is 14.8. The maximum absolute atomic E-state index is 12.2. The molecule has 1 aromatic carbocycles. The van der Waals surface area contributed by atoms with Crippen LogP contribution in [0, 0.1) is 6.92 Å². The number of thiophene rings is 1. The number of hydrogen-bond acceptors (Lipinski definition) is 6. The summed E-state index contributed by atoms with van der Waals surface area (Å²) in [5.74, 6) is 1.13. The topological polar surface area (TPSA) is 68.8 Å². The molecule has 0 bridgehead atoms. The summed E-state index contributed by atoms with van der Waals surface area (Å²) in [4.78, 5) is 13.2. The molecular weight excluding hydrogens is 372 g/mol. The van der Waals surface area contributed by atoms with Gasteiger partial charge in [0.05, 0.1) is 12.7 Å². The Hall–Kier alpha value is -2.32. The fourth-order valence-corrected chi connectivity index (χ4v) is 4.17. The van der Waals surface area contributed by atoms with Gasteiger partial charge >= 0.3 is 5.97 Å². The Morgan fingerprint density at radius 3 is 2.85 bits per heavy atom. The third kappa shape index (κ3) is 3.76. The van der Waals surface area contributed by atoms with Crippen molar-refractivity contribution in [2.75, 3.05) is 19.2 Å². The van der Waals surface area contributed by atoms with Gasteiger partial charge in [-0.2, -0.15) is 0 Å². The van der Waals surface area contributed by atoms with E-state index in [1.165, 1.54) is 18.4 Å². The molecule has 1 aromatic heterocycles. The number of fused-ring (bicyclic) bond motifs is 1. The molecule has 3 rings (SSSR count). The number of aryl methyl sites for hydroxylation is 1. The van der Waals surface area contributed by atoms with E-state index >= 15 is 0 Å². The SMILES string of the molecule is CCc1c(C)sc(NC(=S)NCc2ccc3c(c2)OCO3)c1C(=O)OC. The zero-order valence-corrected chi connectivity index (χ0v) is 16.4. The molecule has 0 atom stereocenters. The van der Waals surface area contributed by atoms with Crippen LogP contribution in [-0.2, 0) is 17.7 Å². The number of esters is 1. The van der Waals surface area contributed by atoms with Gasteiger partial charge < -0.3 is 24.8 Å². The van der Waals surface area contributed by atoms with Crippen molar-refractivity contribution in [1.29, 1.82) is 0 Å². The Kier molecular flexibility index (Phi) is 5.63. The lowest BCUT2D eigenvalue weighted by Gasteiger charge is -2.11. The molecule has 1 aliphatic heterocycles. The number of ether oxygens (including phenoxy) is 3. The molecule has 0 saturated carbocycles. The summed E-state index contributed by atoms with van der Waals surface area (Å²) in [5.41, 5.74) is 2.57. The quantitative estimate of drug-likeness (QED) is 0.595. The number of rotatable bonds is 5. The van der Waals surface area contributed by atoms with Crippen molar-refractivity contribution in [3.8, 4) is 11.5 Å². The fourth-order valence-electron chi connectivity index (χ4n) is 2.79. The molecule has 0 radical (unpaired) electrons. The summed E-state index contributed by atoms with van der Waals surface area (Å²) >= 11 is 6.88. The number of nitrogens with one attached hydrogen (secondary N) is 2. The van der Waals surface area contributed by atoms with Crippen LogP contribution in [0.2, 0.25) is 0 Å². The molecule has 26 heavy (non-hydrogen) atoms. The van der Waals surface area contributed by atoms with Gasteiger partial charge in [-0.15, -0.1) is 11.3 Å². The maximum Gasteiger partial charge on any atom is 0.341 e. The Balaban J connectivity index is 1.67. The second-order valence-corrected chi connectivity index (χ2v) is 7.31. The molecule has 0 fully saturated rings. The lowest BCUT2D eigenvalue weighted by Crippen LogP contribution is -2.28. The predicted octanol–water partition coefficient (Wildman–Crippen LogP) is 3.62. The molecule has 0 aliphatic carbocycles. The van der Waals surface area contributed by atoms with E-state index in [-0.39, 0.29) is 12.8 Å². The third-order valence-corrected chi connectivity index (χ3v) is 5.38. The fraction of sp³-hybridized carbons (Fsp3) is 0.333. The first kappa shape index (κ1) is 18.5. The summed E-state index contributed by atoms with van der Waals surface area (Å²) in [6.45, 7) is 4.78. The monoisotopic (exact) mass is 392 g/mol. The molecule has 0 spiro atoms. The number of hydrogen-bond donors (Lipinski definition) is 2. The average molecular weight is 393 g/mol. The van der Waals surface area contributed by atoms with Crippen LogP contribution in [0.3, 0.4) is 0 Å². The largest absolute Gasteiger partial charge is 0.465 e. The summed E-state index contributed by atoms with van der Waals surface area (Å²) < 4.78 is 15.6. The average Bonchev–Trinajstić information content (AvgIpc) is 3.22. The minimum absolute atomic E-state index is 0.250. The lowest BCUT2D eigenvalue weighted by atomic mass is 10.1. The van der Waals surface area contributed by atoms with Crippen LogP contribution in [0.15, 0.2) is 18.2 Å². The molecule has 2 N–H and O–H groups in total. The molecule has 0 saturated heterocycles. The second kappa shape index (κ2) is 7.92. The van der Waals surface area contributed by atoms with E-state index in [1.807, 2.05) is 32.0 Å². The summed E-state index contributed by atoms with van der Waals surface area (Å²) in [6.07, 6.45) is 0.756. The van der Waals surface area contributed by atoms with E-state index in [1.54, 1.807) is 0 Å². The van der Waals surface area contributed by atoms with Gasteiger partial charge in [-0.05, 0) is 48.8 Å². The van der Waals surface area contributed by atoms with Gasteiger partial charge in [0.25, 0.3) is 0 Å². The molecule has 138 valence electrons. The van der Waals surface area contributed by atoms with E-state index in [0.29, 0.717) is 22.2 Å². The normalized spacial score (nSPS) is 12.0. The summed E-state index contributed by atoms with van der Waals surface area (Å²) in [5, 5.41) is 7.42. The first-order valence-electron chi connectivity index (χ1n) is 8.17. The number of methoxy groups -OCH3 is 1. The van der Waals surface area contributed by atoms with E-state index < -0.39 is 0 Å². The highest BCUT2D eigenvalue weighted by Crippen LogP contribution is 2.34. The van der Waals surface area contributed by atoms with Gasteiger partial charge in [-0.3, -0.25) is 0 Å². The standard InChI is InChI=1S/C18H20N2O4S2/c1-4-12-10(2)26-16(15(12)17(21)22-3)20-18(25)19-8-11-5-6-13-14(7-11)24-9-23-13/h5-7H,4,8-9H2,1-3H3,(H2,19,20,25). The maximum atomic E-state index is 12.2. The predicted molar refractivity (Wildman–Crippen MR) is 105 cm³/mol. The highest BCUT2D eigenvalue weighted by atomic mass is 32.1. The van der Waals surface area contributed by atoms with Gasteiger partial charge in [-0.25, -0.2) is 4.79 Å². The van der Waals surface area contributed by atoms with Gasteiger partial charge in [0.2, 0.25) is 6.79 Å². The second-order valence-electron chi connectivity index (χ2n) is 5.68. The third-order valence-electron chi connectivity index (χ3n) is 4.07. The molecular formula is C18H20N2O4S2. The van der Waals surface area contributed by atoms with Crippen LogP contribution < -0.4 is 20.1 Å². The Bertz CT molecular complexity index is 848. The number of benzene rings is 1. The van der Waals surface area contributed by atoms with E-state index in [0.717, 1.165) is 33.9 Å². The van der Waals surface area contributed by atoms with E-state index in [4.69, 9.17) is 26.4 Å². The minimum Gasteiger partial charge on any atom is -0.465 e. The summed E-state index contributed by atoms with van der Waals surface area (Å²) in [6, 6.07) is 5.75. The van der Waals surface area contributed by atoms with Crippen molar-refractivity contribution in [1.82, 2.24) is 5.32 Å².